The highest BCUT2D eigenvalue weighted by Crippen LogP contribution is 2.24. The van der Waals surface area contributed by atoms with Crippen LogP contribution in [0.1, 0.15) is 72.6 Å². The van der Waals surface area contributed by atoms with Gasteiger partial charge in [0.25, 0.3) is 0 Å². The molecule has 0 spiro atoms. The van der Waals surface area contributed by atoms with Crippen LogP contribution in [0.25, 0.3) is 0 Å². The highest BCUT2D eigenvalue weighted by atomic mass is 16.6. The van der Waals surface area contributed by atoms with Crippen molar-refractivity contribution in [1.29, 1.82) is 0 Å². The summed E-state index contributed by atoms with van der Waals surface area (Å²) in [6.07, 6.45) is 8.84. The molecule has 0 bridgehead atoms. The first-order valence-corrected chi connectivity index (χ1v) is 9.55. The summed E-state index contributed by atoms with van der Waals surface area (Å²) >= 11 is 0. The number of ether oxygens (including phenoxy) is 1. The zero-order valence-corrected chi connectivity index (χ0v) is 15.6. The Labute approximate surface area is 142 Å². The molecule has 2 aliphatic rings. The molecule has 2 atom stereocenters. The molecule has 4 nitrogen and oxygen atoms in total. The van der Waals surface area contributed by atoms with Crippen molar-refractivity contribution in [3.8, 4) is 0 Å². The molecule has 0 radical (unpaired) electrons. The Morgan fingerprint density at radius 2 is 1.78 bits per heavy atom. The Morgan fingerprint density at radius 3 is 2.43 bits per heavy atom. The van der Waals surface area contributed by atoms with Crippen LogP contribution in [0.4, 0.5) is 4.79 Å². The number of hydrogen-bond donors (Lipinski definition) is 1. The number of hydrogen-bond acceptors (Lipinski definition) is 3. The molecule has 1 saturated heterocycles. The average molecular weight is 325 g/mol. The Balaban J connectivity index is 1.65. The lowest BCUT2D eigenvalue weighted by Gasteiger charge is -2.34. The van der Waals surface area contributed by atoms with Gasteiger partial charge in [-0.05, 0) is 71.3 Å². The third-order valence-corrected chi connectivity index (χ3v) is 5.22. The molecule has 2 fully saturated rings. The number of rotatable bonds is 3. The van der Waals surface area contributed by atoms with E-state index in [4.69, 9.17) is 4.74 Å². The predicted octanol–water partition coefficient (Wildman–Crippen LogP) is 4.19. The number of carbonyl (C=O) groups excluding carboxylic acids is 1. The van der Waals surface area contributed by atoms with Gasteiger partial charge in [-0.1, -0.05) is 19.8 Å². The molecule has 0 aromatic carbocycles. The van der Waals surface area contributed by atoms with Crippen molar-refractivity contribution in [1.82, 2.24) is 10.2 Å². The van der Waals surface area contributed by atoms with E-state index in [1.165, 1.54) is 32.1 Å². The molecule has 134 valence electrons. The molecule has 1 aliphatic heterocycles. The Morgan fingerprint density at radius 1 is 1.09 bits per heavy atom. The minimum Gasteiger partial charge on any atom is -0.444 e. The summed E-state index contributed by atoms with van der Waals surface area (Å²) in [7, 11) is 0. The lowest BCUT2D eigenvalue weighted by molar-refractivity contribution is 0.0183. The summed E-state index contributed by atoms with van der Waals surface area (Å²) in [5.74, 6) is 1.60. The predicted molar refractivity (Wildman–Crippen MR) is 94.6 cm³/mol. The van der Waals surface area contributed by atoms with Crippen LogP contribution >= 0.6 is 0 Å². The van der Waals surface area contributed by atoms with Gasteiger partial charge in [0.05, 0.1) is 0 Å². The van der Waals surface area contributed by atoms with Crippen molar-refractivity contribution >= 4 is 6.09 Å². The van der Waals surface area contributed by atoms with Gasteiger partial charge in [0.2, 0.25) is 0 Å². The molecule has 4 heteroatoms. The number of likely N-dealkylation sites (tertiary alicyclic amines) is 1. The second-order valence-corrected chi connectivity index (χ2v) is 8.63. The van der Waals surface area contributed by atoms with Crippen LogP contribution in [0.3, 0.4) is 0 Å². The molecular formula is C19H36N2O2. The fourth-order valence-electron chi connectivity index (χ4n) is 3.67. The molecule has 1 aliphatic carbocycles. The number of amides is 1. The summed E-state index contributed by atoms with van der Waals surface area (Å²) in [6.45, 7) is 10.9. The Hall–Kier alpha value is -0.770. The van der Waals surface area contributed by atoms with E-state index >= 15 is 0 Å². The van der Waals surface area contributed by atoms with E-state index in [9.17, 15) is 4.79 Å². The third kappa shape index (κ3) is 6.70. The van der Waals surface area contributed by atoms with Crippen LogP contribution < -0.4 is 5.32 Å². The smallest absolute Gasteiger partial charge is 0.410 e. The minimum atomic E-state index is -0.397. The lowest BCUT2D eigenvalue weighted by Crippen LogP contribution is -2.44. The quantitative estimate of drug-likeness (QED) is 0.791. The van der Waals surface area contributed by atoms with E-state index in [-0.39, 0.29) is 6.09 Å². The second-order valence-electron chi connectivity index (χ2n) is 8.63. The maximum absolute atomic E-state index is 12.1. The summed E-state index contributed by atoms with van der Waals surface area (Å²) in [4.78, 5) is 14.0. The van der Waals surface area contributed by atoms with Gasteiger partial charge in [-0.3, -0.25) is 0 Å². The summed E-state index contributed by atoms with van der Waals surface area (Å²) in [5.41, 5.74) is -0.397. The molecule has 23 heavy (non-hydrogen) atoms. The number of nitrogens with one attached hydrogen (secondary N) is 1. The first kappa shape index (κ1) is 18.6. The molecule has 2 rings (SSSR count). The van der Waals surface area contributed by atoms with Crippen molar-refractivity contribution in [2.45, 2.75) is 84.3 Å². The molecule has 1 N–H and O–H groups in total. The van der Waals surface area contributed by atoms with Crippen LogP contribution in [0.15, 0.2) is 0 Å². The fourth-order valence-corrected chi connectivity index (χ4v) is 3.67. The SMILES string of the molecule is CC1CCCC(NCC2CCN(C(=O)OC(C)(C)C)CC2)CC1. The van der Waals surface area contributed by atoms with Gasteiger partial charge < -0.3 is 15.0 Å². The zero-order chi connectivity index (χ0) is 16.9. The lowest BCUT2D eigenvalue weighted by atomic mass is 9.96. The van der Waals surface area contributed by atoms with E-state index in [1.54, 1.807) is 0 Å². The van der Waals surface area contributed by atoms with Crippen molar-refractivity contribution in [3.63, 3.8) is 0 Å². The largest absolute Gasteiger partial charge is 0.444 e. The number of carbonyl (C=O) groups is 1. The van der Waals surface area contributed by atoms with Gasteiger partial charge in [-0.15, -0.1) is 0 Å². The van der Waals surface area contributed by atoms with Crippen molar-refractivity contribution in [3.05, 3.63) is 0 Å². The van der Waals surface area contributed by atoms with Gasteiger partial charge in [0.15, 0.2) is 0 Å². The van der Waals surface area contributed by atoms with Crippen LogP contribution in [-0.4, -0.2) is 42.3 Å². The zero-order valence-electron chi connectivity index (χ0n) is 15.6. The molecular weight excluding hydrogens is 288 g/mol. The maximum Gasteiger partial charge on any atom is 0.410 e. The average Bonchev–Trinajstić information content (AvgIpc) is 2.68. The Kier molecular flexibility index (Phi) is 6.75. The summed E-state index contributed by atoms with van der Waals surface area (Å²) in [5, 5.41) is 3.80. The summed E-state index contributed by atoms with van der Waals surface area (Å²) < 4.78 is 5.46. The molecule has 1 heterocycles. The number of nitrogens with zero attached hydrogens (tertiary/aromatic N) is 1. The Bertz CT molecular complexity index is 370. The minimum absolute atomic E-state index is 0.151. The van der Waals surface area contributed by atoms with Gasteiger partial charge in [0.1, 0.15) is 5.60 Å². The number of piperidine rings is 1. The van der Waals surface area contributed by atoms with Crippen LogP contribution in [-0.2, 0) is 4.74 Å². The van der Waals surface area contributed by atoms with Crippen molar-refractivity contribution < 1.29 is 9.53 Å². The van der Waals surface area contributed by atoms with Gasteiger partial charge in [-0.25, -0.2) is 4.79 Å². The van der Waals surface area contributed by atoms with Crippen molar-refractivity contribution in [2.75, 3.05) is 19.6 Å². The molecule has 2 unspecified atom stereocenters. The highest BCUT2D eigenvalue weighted by Gasteiger charge is 2.27. The van der Waals surface area contributed by atoms with Crippen LogP contribution in [0, 0.1) is 11.8 Å². The third-order valence-electron chi connectivity index (χ3n) is 5.22. The van der Waals surface area contributed by atoms with Gasteiger partial charge in [0, 0.05) is 19.1 Å². The first-order chi connectivity index (χ1) is 10.8. The molecule has 1 amide bonds. The van der Waals surface area contributed by atoms with E-state index in [0.29, 0.717) is 12.0 Å². The molecule has 1 saturated carbocycles. The van der Waals surface area contributed by atoms with Crippen molar-refractivity contribution in [2.24, 2.45) is 11.8 Å². The van der Waals surface area contributed by atoms with Crippen LogP contribution in [0.5, 0.6) is 0 Å². The molecule has 0 aromatic rings. The van der Waals surface area contributed by atoms with Crippen LogP contribution in [0.2, 0.25) is 0 Å². The fraction of sp³-hybridized carbons (Fsp3) is 0.947. The van der Waals surface area contributed by atoms with Gasteiger partial charge in [-0.2, -0.15) is 0 Å². The van der Waals surface area contributed by atoms with E-state index in [2.05, 4.69) is 12.2 Å². The van der Waals surface area contributed by atoms with Gasteiger partial charge >= 0.3 is 6.09 Å². The standard InChI is InChI=1S/C19H36N2O2/c1-15-6-5-7-17(9-8-15)20-14-16-10-12-21(13-11-16)18(22)23-19(2,3)4/h15-17,20H,5-14H2,1-4H3. The second kappa shape index (κ2) is 8.36. The highest BCUT2D eigenvalue weighted by molar-refractivity contribution is 5.68. The monoisotopic (exact) mass is 324 g/mol. The maximum atomic E-state index is 12.1. The first-order valence-electron chi connectivity index (χ1n) is 9.55. The topological polar surface area (TPSA) is 41.6 Å². The van der Waals surface area contributed by atoms with E-state index in [0.717, 1.165) is 38.4 Å². The van der Waals surface area contributed by atoms with E-state index in [1.807, 2.05) is 25.7 Å². The summed E-state index contributed by atoms with van der Waals surface area (Å²) in [6, 6.07) is 0.712. The molecule has 0 aromatic heterocycles. The normalized spacial score (nSPS) is 27.6. The van der Waals surface area contributed by atoms with E-state index < -0.39 is 5.60 Å².